The van der Waals surface area contributed by atoms with Gasteiger partial charge in [0.2, 0.25) is 0 Å². The third kappa shape index (κ3) is 2.48. The minimum atomic E-state index is -0.461. The number of amides is 1. The molecule has 1 aromatic rings. The number of nitrogens with one attached hydrogen (secondary N) is 1. The van der Waals surface area contributed by atoms with E-state index in [1.807, 2.05) is 26.0 Å². The highest BCUT2D eigenvalue weighted by Crippen LogP contribution is 2.27. The minimum Gasteiger partial charge on any atom is -0.453 e. The van der Waals surface area contributed by atoms with Crippen LogP contribution in [0.25, 0.3) is 0 Å². The number of hydrogen-bond donors (Lipinski definition) is 1. The molecule has 0 heterocycles. The Morgan fingerprint density at radius 3 is 2.57 bits per heavy atom. The summed E-state index contributed by atoms with van der Waals surface area (Å²) < 4.78 is 5.38. The van der Waals surface area contributed by atoms with E-state index >= 15 is 0 Å². The number of halogens is 1. The van der Waals surface area contributed by atoms with Gasteiger partial charge in [0.1, 0.15) is 0 Å². The van der Waals surface area contributed by atoms with Crippen LogP contribution in [0.15, 0.2) is 16.6 Å². The van der Waals surface area contributed by atoms with E-state index in [1.165, 1.54) is 7.11 Å². The Hall–Kier alpha value is -1.03. The second-order valence-corrected chi connectivity index (χ2v) is 3.91. The third-order valence-electron chi connectivity index (χ3n) is 1.84. The van der Waals surface area contributed by atoms with Crippen molar-refractivity contribution in [1.82, 2.24) is 0 Å². The van der Waals surface area contributed by atoms with Gasteiger partial charge < -0.3 is 4.74 Å². The van der Waals surface area contributed by atoms with Crippen LogP contribution < -0.4 is 5.32 Å². The Morgan fingerprint density at radius 1 is 1.43 bits per heavy atom. The first-order chi connectivity index (χ1) is 6.54. The van der Waals surface area contributed by atoms with Gasteiger partial charge in [-0.2, -0.15) is 0 Å². The summed E-state index contributed by atoms with van der Waals surface area (Å²) in [7, 11) is 1.34. The molecule has 0 radical (unpaired) electrons. The number of ether oxygens (including phenoxy) is 1. The van der Waals surface area contributed by atoms with Gasteiger partial charge >= 0.3 is 6.09 Å². The lowest BCUT2D eigenvalue weighted by atomic mass is 10.1. The van der Waals surface area contributed by atoms with Crippen LogP contribution in [0.4, 0.5) is 10.5 Å². The van der Waals surface area contributed by atoms with Crippen LogP contribution in [0.2, 0.25) is 0 Å². The smallest absolute Gasteiger partial charge is 0.411 e. The van der Waals surface area contributed by atoms with Crippen molar-refractivity contribution in [2.75, 3.05) is 12.4 Å². The molecular formula is C10H12BrNO2. The predicted molar refractivity (Wildman–Crippen MR) is 59.6 cm³/mol. The van der Waals surface area contributed by atoms with Crippen molar-refractivity contribution in [2.24, 2.45) is 0 Å². The highest BCUT2D eigenvalue weighted by molar-refractivity contribution is 9.10. The number of hydrogen-bond acceptors (Lipinski definition) is 2. The molecule has 0 saturated carbocycles. The maximum absolute atomic E-state index is 11.0. The average molecular weight is 258 g/mol. The van der Waals surface area contributed by atoms with E-state index in [2.05, 4.69) is 26.0 Å². The van der Waals surface area contributed by atoms with Crippen molar-refractivity contribution >= 4 is 27.7 Å². The second kappa shape index (κ2) is 4.46. The molecule has 0 saturated heterocycles. The van der Waals surface area contributed by atoms with Crippen molar-refractivity contribution in [3.05, 3.63) is 27.7 Å². The molecule has 3 nitrogen and oxygen atoms in total. The molecule has 0 unspecified atom stereocenters. The Kier molecular flexibility index (Phi) is 3.52. The van der Waals surface area contributed by atoms with E-state index in [0.717, 1.165) is 21.3 Å². The fourth-order valence-corrected chi connectivity index (χ4v) is 2.00. The molecule has 0 spiro atoms. The summed E-state index contributed by atoms with van der Waals surface area (Å²) in [6.45, 7) is 3.93. The molecule has 14 heavy (non-hydrogen) atoms. The van der Waals surface area contributed by atoms with E-state index < -0.39 is 6.09 Å². The monoisotopic (exact) mass is 257 g/mol. The zero-order valence-corrected chi connectivity index (χ0v) is 9.94. The Labute approximate surface area is 91.6 Å². The molecule has 76 valence electrons. The second-order valence-electron chi connectivity index (χ2n) is 3.06. The van der Waals surface area contributed by atoms with Crippen LogP contribution >= 0.6 is 15.9 Å². The lowest BCUT2D eigenvalue weighted by molar-refractivity contribution is 0.187. The number of anilines is 1. The van der Waals surface area contributed by atoms with Crippen molar-refractivity contribution in [3.63, 3.8) is 0 Å². The van der Waals surface area contributed by atoms with Crippen LogP contribution in [0.5, 0.6) is 0 Å². The summed E-state index contributed by atoms with van der Waals surface area (Å²) in [5.41, 5.74) is 2.90. The van der Waals surface area contributed by atoms with Crippen molar-refractivity contribution in [3.8, 4) is 0 Å². The van der Waals surface area contributed by atoms with E-state index in [0.29, 0.717) is 0 Å². The highest BCUT2D eigenvalue weighted by atomic mass is 79.9. The summed E-state index contributed by atoms with van der Waals surface area (Å²) in [6.07, 6.45) is -0.461. The molecule has 1 amide bonds. The summed E-state index contributed by atoms with van der Waals surface area (Å²) in [5, 5.41) is 2.65. The van der Waals surface area contributed by atoms with Crippen molar-refractivity contribution < 1.29 is 9.53 Å². The fourth-order valence-electron chi connectivity index (χ4n) is 1.23. The highest BCUT2D eigenvalue weighted by Gasteiger charge is 2.08. The minimum absolute atomic E-state index is 0.461. The van der Waals surface area contributed by atoms with Crippen molar-refractivity contribution in [2.45, 2.75) is 13.8 Å². The zero-order chi connectivity index (χ0) is 10.7. The summed E-state index contributed by atoms with van der Waals surface area (Å²) >= 11 is 3.39. The molecular weight excluding hydrogens is 246 g/mol. The number of benzene rings is 1. The fraction of sp³-hybridized carbons (Fsp3) is 0.300. The number of carbonyl (C=O) groups is 1. The molecule has 1 rings (SSSR count). The van der Waals surface area contributed by atoms with Crippen LogP contribution in [-0.4, -0.2) is 13.2 Å². The standard InChI is InChI=1S/C10H12BrNO2/c1-6-4-7(2)9(8(11)5-6)12-10(13)14-3/h4-5H,1-3H3,(H,12,13). The zero-order valence-electron chi connectivity index (χ0n) is 8.35. The van der Waals surface area contributed by atoms with Gasteiger partial charge in [0.05, 0.1) is 12.8 Å². The number of rotatable bonds is 1. The van der Waals surface area contributed by atoms with E-state index in [-0.39, 0.29) is 0 Å². The van der Waals surface area contributed by atoms with E-state index in [9.17, 15) is 4.79 Å². The predicted octanol–water partition coefficient (Wildman–Crippen LogP) is 3.24. The van der Waals surface area contributed by atoms with Gasteiger partial charge in [-0.3, -0.25) is 5.32 Å². The number of carbonyl (C=O) groups excluding carboxylic acids is 1. The Bertz CT molecular complexity index is 340. The molecule has 0 atom stereocenters. The SMILES string of the molecule is COC(=O)Nc1c(C)cc(C)cc1Br. The van der Waals surface area contributed by atoms with Crippen LogP contribution in [0.3, 0.4) is 0 Å². The molecule has 1 aromatic carbocycles. The molecule has 0 aromatic heterocycles. The largest absolute Gasteiger partial charge is 0.453 e. The van der Waals surface area contributed by atoms with Gasteiger partial charge in [0, 0.05) is 4.47 Å². The first kappa shape index (κ1) is 11.0. The van der Waals surface area contributed by atoms with Gasteiger partial charge in [0.15, 0.2) is 0 Å². The molecule has 0 aliphatic rings. The number of methoxy groups -OCH3 is 1. The number of aryl methyl sites for hydroxylation is 2. The maximum atomic E-state index is 11.0. The summed E-state index contributed by atoms with van der Waals surface area (Å²) in [4.78, 5) is 11.0. The van der Waals surface area contributed by atoms with Gasteiger partial charge in [-0.15, -0.1) is 0 Å². The van der Waals surface area contributed by atoms with Gasteiger partial charge in [-0.25, -0.2) is 4.79 Å². The molecule has 0 aliphatic heterocycles. The first-order valence-corrected chi connectivity index (χ1v) is 4.95. The van der Waals surface area contributed by atoms with Crippen LogP contribution in [0, 0.1) is 13.8 Å². The Balaban J connectivity index is 3.02. The lowest BCUT2D eigenvalue weighted by Gasteiger charge is -2.10. The van der Waals surface area contributed by atoms with Gasteiger partial charge in [-0.1, -0.05) is 6.07 Å². The average Bonchev–Trinajstić information content (AvgIpc) is 2.10. The molecule has 1 N–H and O–H groups in total. The van der Waals surface area contributed by atoms with Gasteiger partial charge in [0.25, 0.3) is 0 Å². The van der Waals surface area contributed by atoms with Crippen molar-refractivity contribution in [1.29, 1.82) is 0 Å². The quantitative estimate of drug-likeness (QED) is 0.839. The van der Waals surface area contributed by atoms with E-state index in [4.69, 9.17) is 0 Å². The third-order valence-corrected chi connectivity index (χ3v) is 2.47. The molecule has 0 aliphatic carbocycles. The van der Waals surface area contributed by atoms with E-state index in [1.54, 1.807) is 0 Å². The summed E-state index contributed by atoms with van der Waals surface area (Å²) in [6, 6.07) is 3.94. The maximum Gasteiger partial charge on any atom is 0.411 e. The lowest BCUT2D eigenvalue weighted by Crippen LogP contribution is -2.12. The van der Waals surface area contributed by atoms with Crippen LogP contribution in [-0.2, 0) is 4.74 Å². The Morgan fingerprint density at radius 2 is 2.07 bits per heavy atom. The van der Waals surface area contributed by atoms with Crippen LogP contribution in [0.1, 0.15) is 11.1 Å². The van der Waals surface area contributed by atoms with Gasteiger partial charge in [-0.05, 0) is 47.0 Å². The summed E-state index contributed by atoms with van der Waals surface area (Å²) in [5.74, 6) is 0. The normalized spacial score (nSPS) is 9.71. The first-order valence-electron chi connectivity index (χ1n) is 4.16. The topological polar surface area (TPSA) is 38.3 Å². The molecule has 4 heteroatoms. The molecule has 0 bridgehead atoms. The molecule has 0 fully saturated rings.